The van der Waals surface area contributed by atoms with E-state index in [0.29, 0.717) is 12.1 Å². The van der Waals surface area contributed by atoms with Gasteiger partial charge in [0, 0.05) is 13.2 Å². The highest BCUT2D eigenvalue weighted by Crippen LogP contribution is 2.23. The average molecular weight is 173 g/mol. The summed E-state index contributed by atoms with van der Waals surface area (Å²) in [7, 11) is 1.76. The fraction of sp³-hybridized carbons (Fsp3) is 1.00. The summed E-state index contributed by atoms with van der Waals surface area (Å²) in [6.45, 7) is 6.10. The maximum absolute atomic E-state index is 5.42. The lowest BCUT2D eigenvalue weighted by Crippen LogP contribution is -2.47. The molecular weight excluding hydrogens is 154 g/mol. The lowest BCUT2D eigenvalue weighted by molar-refractivity contribution is -0.120. The second-order valence-corrected chi connectivity index (χ2v) is 4.36. The van der Waals surface area contributed by atoms with Gasteiger partial charge in [0.05, 0.1) is 11.7 Å². The van der Waals surface area contributed by atoms with Crippen LogP contribution in [0.15, 0.2) is 0 Å². The first-order chi connectivity index (χ1) is 5.51. The van der Waals surface area contributed by atoms with E-state index in [1.165, 1.54) is 0 Å². The fourth-order valence-corrected chi connectivity index (χ4v) is 1.11. The van der Waals surface area contributed by atoms with Crippen molar-refractivity contribution in [3.05, 3.63) is 0 Å². The summed E-state index contributed by atoms with van der Waals surface area (Å²) in [6, 6.07) is 0.481. The molecule has 1 rings (SSSR count). The second-order valence-electron chi connectivity index (χ2n) is 4.36. The molecule has 1 N–H and O–H groups in total. The molecule has 0 atom stereocenters. The van der Waals surface area contributed by atoms with Gasteiger partial charge in [-0.05, 0) is 33.6 Å². The Morgan fingerprint density at radius 2 is 1.83 bits per heavy atom. The Hall–Kier alpha value is -0.120. The molecule has 72 valence electrons. The second kappa shape index (κ2) is 3.73. The summed E-state index contributed by atoms with van der Waals surface area (Å²) in [4.78, 5) is 5.42. The molecule has 0 aromatic heterocycles. The lowest BCUT2D eigenvalue weighted by Gasteiger charge is -2.36. The van der Waals surface area contributed by atoms with Crippen LogP contribution in [-0.2, 0) is 9.57 Å². The van der Waals surface area contributed by atoms with Crippen molar-refractivity contribution >= 4 is 0 Å². The third kappa shape index (κ3) is 3.09. The monoisotopic (exact) mass is 173 g/mol. The van der Waals surface area contributed by atoms with Gasteiger partial charge in [-0.3, -0.25) is 4.84 Å². The van der Waals surface area contributed by atoms with Crippen molar-refractivity contribution in [1.29, 1.82) is 0 Å². The molecule has 0 unspecified atom stereocenters. The minimum atomic E-state index is -0.0990. The largest absolute Gasteiger partial charge is 0.381 e. The van der Waals surface area contributed by atoms with Crippen molar-refractivity contribution in [2.45, 2.75) is 51.4 Å². The zero-order valence-electron chi connectivity index (χ0n) is 8.39. The number of hydroxylamine groups is 1. The summed E-state index contributed by atoms with van der Waals surface area (Å²) in [6.07, 6.45) is 2.56. The number of ether oxygens (including phenoxy) is 1. The van der Waals surface area contributed by atoms with E-state index in [4.69, 9.17) is 9.57 Å². The molecule has 3 heteroatoms. The topological polar surface area (TPSA) is 30.5 Å². The van der Waals surface area contributed by atoms with Gasteiger partial charge in [-0.15, -0.1) is 0 Å². The van der Waals surface area contributed by atoms with Gasteiger partial charge in [-0.2, -0.15) is 5.48 Å². The summed E-state index contributed by atoms with van der Waals surface area (Å²) >= 11 is 0. The van der Waals surface area contributed by atoms with Gasteiger partial charge in [0.2, 0.25) is 0 Å². The van der Waals surface area contributed by atoms with E-state index in [9.17, 15) is 0 Å². The molecule has 0 amide bonds. The fourth-order valence-electron chi connectivity index (χ4n) is 1.11. The van der Waals surface area contributed by atoms with Crippen LogP contribution in [0.4, 0.5) is 0 Å². The van der Waals surface area contributed by atoms with Crippen LogP contribution in [-0.4, -0.2) is 24.9 Å². The van der Waals surface area contributed by atoms with Crippen LogP contribution in [0.5, 0.6) is 0 Å². The zero-order chi connectivity index (χ0) is 9.19. The van der Waals surface area contributed by atoms with Crippen LogP contribution in [0.25, 0.3) is 0 Å². The molecule has 1 aliphatic carbocycles. The van der Waals surface area contributed by atoms with Crippen molar-refractivity contribution in [2.24, 2.45) is 0 Å². The van der Waals surface area contributed by atoms with Gasteiger partial charge in [0.15, 0.2) is 0 Å². The summed E-state index contributed by atoms with van der Waals surface area (Å²) in [5, 5.41) is 0. The van der Waals surface area contributed by atoms with E-state index in [1.807, 2.05) is 20.8 Å². The summed E-state index contributed by atoms with van der Waals surface area (Å²) in [5.41, 5.74) is 2.94. The highest BCUT2D eigenvalue weighted by molar-refractivity contribution is 4.83. The van der Waals surface area contributed by atoms with Crippen molar-refractivity contribution in [2.75, 3.05) is 7.11 Å². The number of methoxy groups -OCH3 is 1. The standard InChI is InChI=1S/C9H19NO2/c1-9(2,3)12-10-7-5-8(6-7)11-4/h7-8,10H,5-6H2,1-4H3. The molecule has 0 heterocycles. The molecule has 0 aliphatic heterocycles. The maximum Gasteiger partial charge on any atom is 0.0813 e. The Morgan fingerprint density at radius 3 is 2.25 bits per heavy atom. The van der Waals surface area contributed by atoms with Crippen LogP contribution in [0.3, 0.4) is 0 Å². The Morgan fingerprint density at radius 1 is 1.25 bits per heavy atom. The van der Waals surface area contributed by atoms with Gasteiger partial charge < -0.3 is 4.74 Å². The molecule has 1 fully saturated rings. The lowest BCUT2D eigenvalue weighted by atomic mass is 9.90. The maximum atomic E-state index is 5.42. The van der Waals surface area contributed by atoms with Crippen molar-refractivity contribution in [3.63, 3.8) is 0 Å². The molecule has 3 nitrogen and oxygen atoms in total. The Labute approximate surface area is 74.4 Å². The zero-order valence-corrected chi connectivity index (χ0v) is 8.39. The minimum absolute atomic E-state index is 0.0990. The van der Waals surface area contributed by atoms with E-state index in [0.717, 1.165) is 12.8 Å². The Balaban J connectivity index is 2.04. The first-order valence-corrected chi connectivity index (χ1v) is 4.47. The van der Waals surface area contributed by atoms with Crippen LogP contribution in [0.1, 0.15) is 33.6 Å². The first-order valence-electron chi connectivity index (χ1n) is 4.47. The van der Waals surface area contributed by atoms with Crippen molar-refractivity contribution in [1.82, 2.24) is 5.48 Å². The van der Waals surface area contributed by atoms with Crippen molar-refractivity contribution < 1.29 is 9.57 Å². The Kier molecular flexibility index (Phi) is 3.09. The summed E-state index contributed by atoms with van der Waals surface area (Å²) < 4.78 is 5.15. The van der Waals surface area contributed by atoms with Gasteiger partial charge in [-0.25, -0.2) is 0 Å². The predicted molar refractivity (Wildman–Crippen MR) is 47.8 cm³/mol. The SMILES string of the molecule is COC1CC(NOC(C)(C)C)C1. The molecule has 0 bridgehead atoms. The number of rotatable bonds is 3. The number of nitrogens with one attached hydrogen (secondary N) is 1. The van der Waals surface area contributed by atoms with Crippen LogP contribution in [0, 0.1) is 0 Å². The van der Waals surface area contributed by atoms with Crippen LogP contribution in [0.2, 0.25) is 0 Å². The smallest absolute Gasteiger partial charge is 0.0813 e. The molecule has 1 saturated carbocycles. The summed E-state index contributed by atoms with van der Waals surface area (Å²) in [5.74, 6) is 0. The highest BCUT2D eigenvalue weighted by Gasteiger charge is 2.29. The molecule has 0 saturated heterocycles. The molecule has 0 aromatic rings. The number of hydrogen-bond donors (Lipinski definition) is 1. The van der Waals surface area contributed by atoms with E-state index < -0.39 is 0 Å². The van der Waals surface area contributed by atoms with E-state index in [1.54, 1.807) is 7.11 Å². The van der Waals surface area contributed by atoms with Gasteiger partial charge >= 0.3 is 0 Å². The Bertz CT molecular complexity index is 136. The molecule has 12 heavy (non-hydrogen) atoms. The van der Waals surface area contributed by atoms with Gasteiger partial charge in [-0.1, -0.05) is 0 Å². The van der Waals surface area contributed by atoms with Crippen molar-refractivity contribution in [3.8, 4) is 0 Å². The van der Waals surface area contributed by atoms with E-state index in [-0.39, 0.29) is 5.60 Å². The van der Waals surface area contributed by atoms with Crippen LogP contribution < -0.4 is 5.48 Å². The molecule has 0 radical (unpaired) electrons. The van der Waals surface area contributed by atoms with Gasteiger partial charge in [0.25, 0.3) is 0 Å². The molecular formula is C9H19NO2. The average Bonchev–Trinajstić information content (AvgIpc) is 1.82. The van der Waals surface area contributed by atoms with Gasteiger partial charge in [0.1, 0.15) is 0 Å². The predicted octanol–water partition coefficient (Wildman–Crippen LogP) is 1.48. The quantitative estimate of drug-likeness (QED) is 0.656. The van der Waals surface area contributed by atoms with E-state index >= 15 is 0 Å². The van der Waals surface area contributed by atoms with Crippen LogP contribution >= 0.6 is 0 Å². The molecule has 0 spiro atoms. The normalized spacial score (nSPS) is 30.0. The third-order valence-electron chi connectivity index (χ3n) is 1.96. The third-order valence-corrected chi connectivity index (χ3v) is 1.96. The van der Waals surface area contributed by atoms with E-state index in [2.05, 4.69) is 5.48 Å². The molecule has 1 aliphatic rings. The first kappa shape index (κ1) is 9.96. The highest BCUT2D eigenvalue weighted by atomic mass is 16.7. The molecule has 0 aromatic carbocycles. The minimum Gasteiger partial charge on any atom is -0.381 e. The number of hydrogen-bond acceptors (Lipinski definition) is 3.